The van der Waals surface area contributed by atoms with Crippen molar-refractivity contribution in [3.8, 4) is 0 Å². The van der Waals surface area contributed by atoms with Gasteiger partial charge in [0.05, 0.1) is 24.2 Å². The SMILES string of the molecule is O=C1OC[C@H](CO)N1Cc1cccc(Cl)c1F. The number of halogens is 2. The first-order valence-electron chi connectivity index (χ1n) is 5.10. The lowest BCUT2D eigenvalue weighted by atomic mass is 10.2. The van der Waals surface area contributed by atoms with E-state index in [1.54, 1.807) is 12.1 Å². The molecular formula is C11H11ClFNO3. The van der Waals surface area contributed by atoms with Crippen LogP contribution in [0.15, 0.2) is 18.2 Å². The molecule has 0 unspecified atom stereocenters. The van der Waals surface area contributed by atoms with E-state index < -0.39 is 18.0 Å². The highest BCUT2D eigenvalue weighted by atomic mass is 35.5. The van der Waals surface area contributed by atoms with Crippen LogP contribution in [-0.2, 0) is 11.3 Å². The van der Waals surface area contributed by atoms with Crippen LogP contribution in [0.4, 0.5) is 9.18 Å². The van der Waals surface area contributed by atoms with Gasteiger partial charge in [0.15, 0.2) is 0 Å². The molecule has 1 fully saturated rings. The third kappa shape index (κ3) is 2.35. The molecule has 0 aromatic heterocycles. The van der Waals surface area contributed by atoms with Crippen molar-refractivity contribution in [1.82, 2.24) is 4.90 Å². The van der Waals surface area contributed by atoms with Gasteiger partial charge in [-0.15, -0.1) is 0 Å². The quantitative estimate of drug-likeness (QED) is 0.900. The summed E-state index contributed by atoms with van der Waals surface area (Å²) in [6, 6.07) is 4.16. The molecule has 6 heteroatoms. The molecule has 0 aliphatic carbocycles. The van der Waals surface area contributed by atoms with E-state index in [1.807, 2.05) is 0 Å². The van der Waals surface area contributed by atoms with E-state index in [9.17, 15) is 9.18 Å². The zero-order valence-electron chi connectivity index (χ0n) is 8.90. The number of carbonyl (C=O) groups excluding carboxylic acids is 1. The van der Waals surface area contributed by atoms with Crippen LogP contribution in [0, 0.1) is 5.82 Å². The fraction of sp³-hybridized carbons (Fsp3) is 0.364. The Morgan fingerprint density at radius 1 is 1.59 bits per heavy atom. The third-order valence-electron chi connectivity index (χ3n) is 2.66. The van der Waals surface area contributed by atoms with Crippen molar-refractivity contribution >= 4 is 17.7 Å². The first kappa shape index (κ1) is 12.1. The molecule has 1 saturated heterocycles. The van der Waals surface area contributed by atoms with E-state index in [4.69, 9.17) is 21.4 Å². The van der Waals surface area contributed by atoms with Gasteiger partial charge in [-0.1, -0.05) is 23.7 Å². The van der Waals surface area contributed by atoms with Crippen LogP contribution in [0.3, 0.4) is 0 Å². The van der Waals surface area contributed by atoms with Gasteiger partial charge in [0, 0.05) is 5.56 Å². The fourth-order valence-electron chi connectivity index (χ4n) is 1.69. The lowest BCUT2D eigenvalue weighted by Gasteiger charge is -2.19. The molecular weight excluding hydrogens is 249 g/mol. The van der Waals surface area contributed by atoms with Crippen molar-refractivity contribution in [2.24, 2.45) is 0 Å². The van der Waals surface area contributed by atoms with Crippen LogP contribution < -0.4 is 0 Å². The Hall–Kier alpha value is -1.33. The number of nitrogens with zero attached hydrogens (tertiary/aromatic N) is 1. The topological polar surface area (TPSA) is 49.8 Å². The molecule has 0 spiro atoms. The predicted octanol–water partition coefficient (Wildman–Crippen LogP) is 1.79. The molecule has 92 valence electrons. The minimum Gasteiger partial charge on any atom is -0.447 e. The molecule has 1 aliphatic rings. The van der Waals surface area contributed by atoms with Crippen LogP contribution >= 0.6 is 11.6 Å². The Balaban J connectivity index is 2.20. The molecule has 1 aromatic rings. The first-order valence-corrected chi connectivity index (χ1v) is 5.48. The smallest absolute Gasteiger partial charge is 0.410 e. The summed E-state index contributed by atoms with van der Waals surface area (Å²) in [4.78, 5) is 12.7. The molecule has 1 aliphatic heterocycles. The van der Waals surface area contributed by atoms with Gasteiger partial charge in [-0.25, -0.2) is 9.18 Å². The summed E-state index contributed by atoms with van der Waals surface area (Å²) in [6.45, 7) is -0.0537. The number of ether oxygens (including phenoxy) is 1. The first-order chi connectivity index (χ1) is 8.13. The number of benzene rings is 1. The highest BCUT2D eigenvalue weighted by molar-refractivity contribution is 6.30. The minimum absolute atomic E-state index is 0.00983. The number of rotatable bonds is 3. The largest absolute Gasteiger partial charge is 0.447 e. The number of carbonyl (C=O) groups is 1. The molecule has 0 radical (unpaired) electrons. The minimum atomic E-state index is -0.552. The van der Waals surface area contributed by atoms with Crippen LogP contribution in [0.1, 0.15) is 5.56 Å². The number of amides is 1. The number of aliphatic hydroxyl groups excluding tert-OH is 1. The van der Waals surface area contributed by atoms with Gasteiger partial charge in [0.1, 0.15) is 12.4 Å². The Morgan fingerprint density at radius 2 is 2.35 bits per heavy atom. The van der Waals surface area contributed by atoms with E-state index in [0.29, 0.717) is 5.56 Å². The van der Waals surface area contributed by atoms with Gasteiger partial charge in [-0.3, -0.25) is 4.90 Å². The van der Waals surface area contributed by atoms with Gasteiger partial charge >= 0.3 is 6.09 Å². The second-order valence-electron chi connectivity index (χ2n) is 3.75. The molecule has 0 saturated carbocycles. The van der Waals surface area contributed by atoms with Crippen molar-refractivity contribution in [2.75, 3.05) is 13.2 Å². The summed E-state index contributed by atoms with van der Waals surface area (Å²) >= 11 is 5.65. The summed E-state index contributed by atoms with van der Waals surface area (Å²) in [7, 11) is 0. The zero-order chi connectivity index (χ0) is 12.4. The lowest BCUT2D eigenvalue weighted by molar-refractivity contribution is 0.150. The maximum absolute atomic E-state index is 13.6. The highest BCUT2D eigenvalue weighted by Gasteiger charge is 2.32. The van der Waals surface area contributed by atoms with Crippen molar-refractivity contribution in [3.63, 3.8) is 0 Å². The molecule has 0 bridgehead atoms. The van der Waals surface area contributed by atoms with Crippen molar-refractivity contribution in [1.29, 1.82) is 0 Å². The summed E-state index contributed by atoms with van der Waals surface area (Å²) in [6.07, 6.45) is -0.552. The molecule has 17 heavy (non-hydrogen) atoms. The van der Waals surface area contributed by atoms with E-state index in [-0.39, 0.29) is 24.8 Å². The van der Waals surface area contributed by atoms with E-state index in [0.717, 1.165) is 0 Å². The Morgan fingerprint density at radius 3 is 3.06 bits per heavy atom. The number of hydrogen-bond donors (Lipinski definition) is 1. The summed E-state index contributed by atoms with van der Waals surface area (Å²) in [5.74, 6) is -0.550. The van der Waals surface area contributed by atoms with Gasteiger partial charge in [-0.05, 0) is 6.07 Å². The number of aliphatic hydroxyl groups is 1. The molecule has 1 atom stereocenters. The third-order valence-corrected chi connectivity index (χ3v) is 2.95. The maximum atomic E-state index is 13.6. The van der Waals surface area contributed by atoms with Gasteiger partial charge in [0.2, 0.25) is 0 Å². The van der Waals surface area contributed by atoms with E-state index in [1.165, 1.54) is 11.0 Å². The van der Waals surface area contributed by atoms with Crippen molar-refractivity contribution in [2.45, 2.75) is 12.6 Å². The zero-order valence-corrected chi connectivity index (χ0v) is 9.65. The Labute approximate surface area is 103 Å². The number of hydrogen-bond acceptors (Lipinski definition) is 3. The summed E-state index contributed by atoms with van der Waals surface area (Å²) in [5, 5.41) is 9.07. The van der Waals surface area contributed by atoms with Gasteiger partial charge in [-0.2, -0.15) is 0 Å². The van der Waals surface area contributed by atoms with E-state index >= 15 is 0 Å². The van der Waals surface area contributed by atoms with Gasteiger partial charge in [0.25, 0.3) is 0 Å². The van der Waals surface area contributed by atoms with Gasteiger partial charge < -0.3 is 9.84 Å². The molecule has 1 amide bonds. The van der Waals surface area contributed by atoms with Crippen LogP contribution in [0.2, 0.25) is 5.02 Å². The molecule has 1 heterocycles. The Bertz CT molecular complexity index is 441. The molecule has 1 aromatic carbocycles. The second kappa shape index (κ2) is 4.89. The molecule has 2 rings (SSSR count). The molecule has 4 nitrogen and oxygen atoms in total. The van der Waals surface area contributed by atoms with E-state index in [2.05, 4.69) is 0 Å². The van der Waals surface area contributed by atoms with Crippen LogP contribution in [0.25, 0.3) is 0 Å². The lowest BCUT2D eigenvalue weighted by Crippen LogP contribution is -2.35. The fourth-order valence-corrected chi connectivity index (χ4v) is 1.88. The standard InChI is InChI=1S/C11H11ClFNO3/c12-9-3-1-2-7(10(9)13)4-14-8(5-15)6-17-11(14)16/h1-3,8,15H,4-6H2/t8-/m0/s1. The number of cyclic esters (lactones) is 1. The maximum Gasteiger partial charge on any atom is 0.410 e. The second-order valence-corrected chi connectivity index (χ2v) is 4.16. The van der Waals surface area contributed by atoms with Crippen molar-refractivity contribution < 1.29 is 19.0 Å². The monoisotopic (exact) mass is 259 g/mol. The molecule has 1 N–H and O–H groups in total. The summed E-state index contributed by atoms with van der Waals surface area (Å²) < 4.78 is 18.4. The normalized spacial score (nSPS) is 19.6. The average Bonchev–Trinajstić information content (AvgIpc) is 2.66. The predicted molar refractivity (Wildman–Crippen MR) is 59.2 cm³/mol. The average molecular weight is 260 g/mol. The van der Waals surface area contributed by atoms with Crippen LogP contribution in [0.5, 0.6) is 0 Å². The van der Waals surface area contributed by atoms with Crippen LogP contribution in [-0.4, -0.2) is 35.4 Å². The highest BCUT2D eigenvalue weighted by Crippen LogP contribution is 2.22. The summed E-state index contributed by atoms with van der Waals surface area (Å²) in [5.41, 5.74) is 0.301. The Kier molecular flexibility index (Phi) is 3.49. The van der Waals surface area contributed by atoms with Crippen molar-refractivity contribution in [3.05, 3.63) is 34.6 Å².